The van der Waals surface area contributed by atoms with Gasteiger partial charge >= 0.3 is 0 Å². The summed E-state index contributed by atoms with van der Waals surface area (Å²) >= 11 is 0. The lowest BCUT2D eigenvalue weighted by atomic mass is 9.88. The SMILES string of the molecule is CC(C)C(CCN)CCCN1CCn2cnnc2C1. The lowest BCUT2D eigenvalue weighted by molar-refractivity contribution is 0.203. The molecule has 2 rings (SSSR count). The molecule has 0 radical (unpaired) electrons. The first-order valence-electron chi connectivity index (χ1n) is 7.49. The molecule has 2 N–H and O–H groups in total. The fourth-order valence-electron chi connectivity index (χ4n) is 2.91. The van der Waals surface area contributed by atoms with Gasteiger partial charge < -0.3 is 10.3 Å². The Morgan fingerprint density at radius 3 is 2.89 bits per heavy atom. The van der Waals surface area contributed by atoms with Crippen LogP contribution in [0.4, 0.5) is 0 Å². The fourth-order valence-corrected chi connectivity index (χ4v) is 2.91. The number of fused-ring (bicyclic) bond motifs is 1. The molecule has 1 unspecified atom stereocenters. The van der Waals surface area contributed by atoms with E-state index in [-0.39, 0.29) is 0 Å². The maximum atomic E-state index is 5.69. The smallest absolute Gasteiger partial charge is 0.147 e. The first-order valence-corrected chi connectivity index (χ1v) is 7.49. The van der Waals surface area contributed by atoms with Gasteiger partial charge in [-0.3, -0.25) is 4.90 Å². The molecule has 0 saturated carbocycles. The van der Waals surface area contributed by atoms with Crippen LogP contribution in [0.1, 0.15) is 38.9 Å². The van der Waals surface area contributed by atoms with E-state index in [0.717, 1.165) is 50.3 Å². The predicted molar refractivity (Wildman–Crippen MR) is 76.5 cm³/mol. The fraction of sp³-hybridized carbons (Fsp3) is 0.857. The van der Waals surface area contributed by atoms with Gasteiger partial charge in [0.2, 0.25) is 0 Å². The molecule has 5 heteroatoms. The molecule has 19 heavy (non-hydrogen) atoms. The Balaban J connectivity index is 1.72. The number of aromatic nitrogens is 3. The third-order valence-corrected chi connectivity index (χ3v) is 4.25. The minimum absolute atomic E-state index is 0.744. The molecule has 2 heterocycles. The van der Waals surface area contributed by atoms with Gasteiger partial charge in [0.05, 0.1) is 6.54 Å². The second-order valence-electron chi connectivity index (χ2n) is 5.94. The van der Waals surface area contributed by atoms with Crippen molar-refractivity contribution in [3.63, 3.8) is 0 Å². The van der Waals surface area contributed by atoms with E-state index < -0.39 is 0 Å². The Hall–Kier alpha value is -0.940. The van der Waals surface area contributed by atoms with Crippen molar-refractivity contribution in [2.24, 2.45) is 17.6 Å². The molecule has 1 aromatic rings. The molecule has 1 atom stereocenters. The predicted octanol–water partition coefficient (Wildman–Crippen LogP) is 1.49. The second kappa shape index (κ2) is 7.01. The molecule has 0 spiro atoms. The summed E-state index contributed by atoms with van der Waals surface area (Å²) in [6.45, 7) is 9.69. The highest BCUT2D eigenvalue weighted by Crippen LogP contribution is 2.21. The van der Waals surface area contributed by atoms with Crippen molar-refractivity contribution in [1.82, 2.24) is 19.7 Å². The van der Waals surface area contributed by atoms with Crippen LogP contribution in [0.25, 0.3) is 0 Å². The van der Waals surface area contributed by atoms with Crippen molar-refractivity contribution >= 4 is 0 Å². The number of hydrogen-bond acceptors (Lipinski definition) is 4. The number of nitrogens with two attached hydrogens (primary N) is 1. The monoisotopic (exact) mass is 265 g/mol. The van der Waals surface area contributed by atoms with Crippen LogP contribution in [0.5, 0.6) is 0 Å². The van der Waals surface area contributed by atoms with E-state index in [9.17, 15) is 0 Å². The highest BCUT2D eigenvalue weighted by molar-refractivity contribution is 4.89. The van der Waals surface area contributed by atoms with Crippen molar-refractivity contribution < 1.29 is 0 Å². The van der Waals surface area contributed by atoms with Crippen LogP contribution in [0.3, 0.4) is 0 Å². The van der Waals surface area contributed by atoms with Gasteiger partial charge in [-0.1, -0.05) is 13.8 Å². The van der Waals surface area contributed by atoms with Crippen LogP contribution in [0.2, 0.25) is 0 Å². The Labute approximate surface area is 116 Å². The zero-order chi connectivity index (χ0) is 13.7. The maximum absolute atomic E-state index is 5.69. The summed E-state index contributed by atoms with van der Waals surface area (Å²) in [7, 11) is 0. The van der Waals surface area contributed by atoms with Crippen LogP contribution in [-0.2, 0) is 13.1 Å². The Kier molecular flexibility index (Phi) is 5.34. The summed E-state index contributed by atoms with van der Waals surface area (Å²) < 4.78 is 2.15. The Morgan fingerprint density at radius 1 is 1.32 bits per heavy atom. The first-order chi connectivity index (χ1) is 9.20. The van der Waals surface area contributed by atoms with E-state index >= 15 is 0 Å². The van der Waals surface area contributed by atoms with E-state index in [1.165, 1.54) is 19.4 Å². The summed E-state index contributed by atoms with van der Waals surface area (Å²) in [5.74, 6) is 2.63. The van der Waals surface area contributed by atoms with Crippen molar-refractivity contribution in [3.05, 3.63) is 12.2 Å². The molecular weight excluding hydrogens is 238 g/mol. The van der Waals surface area contributed by atoms with Crippen LogP contribution >= 0.6 is 0 Å². The second-order valence-corrected chi connectivity index (χ2v) is 5.94. The molecule has 0 saturated heterocycles. The molecule has 0 fully saturated rings. The van der Waals surface area contributed by atoms with E-state index in [0.29, 0.717) is 0 Å². The average Bonchev–Trinajstić information content (AvgIpc) is 2.85. The van der Waals surface area contributed by atoms with Gasteiger partial charge in [-0.25, -0.2) is 0 Å². The number of rotatable bonds is 7. The van der Waals surface area contributed by atoms with Crippen LogP contribution < -0.4 is 5.73 Å². The minimum atomic E-state index is 0.744. The molecule has 1 aliphatic heterocycles. The lowest BCUT2D eigenvalue weighted by Crippen LogP contribution is -2.34. The van der Waals surface area contributed by atoms with E-state index in [4.69, 9.17) is 5.73 Å². The summed E-state index contributed by atoms with van der Waals surface area (Å²) in [5.41, 5.74) is 5.69. The van der Waals surface area contributed by atoms with Gasteiger partial charge in [0.15, 0.2) is 0 Å². The molecule has 0 aliphatic carbocycles. The molecule has 0 bridgehead atoms. The quantitative estimate of drug-likeness (QED) is 0.811. The van der Waals surface area contributed by atoms with Gasteiger partial charge in [0, 0.05) is 13.1 Å². The van der Waals surface area contributed by atoms with Gasteiger partial charge in [0.1, 0.15) is 12.2 Å². The van der Waals surface area contributed by atoms with E-state index in [2.05, 4.69) is 33.5 Å². The number of hydrogen-bond donors (Lipinski definition) is 1. The minimum Gasteiger partial charge on any atom is -0.330 e. The summed E-state index contributed by atoms with van der Waals surface area (Å²) in [6.07, 6.45) is 5.55. The Bertz CT molecular complexity index is 374. The molecule has 108 valence electrons. The highest BCUT2D eigenvalue weighted by atomic mass is 15.3. The molecule has 5 nitrogen and oxygen atoms in total. The zero-order valence-electron chi connectivity index (χ0n) is 12.3. The summed E-state index contributed by atoms with van der Waals surface area (Å²) in [5, 5.41) is 8.13. The molecular formula is C14H27N5. The maximum Gasteiger partial charge on any atom is 0.147 e. The lowest BCUT2D eigenvalue weighted by Gasteiger charge is -2.28. The van der Waals surface area contributed by atoms with Gasteiger partial charge in [0.25, 0.3) is 0 Å². The molecule has 1 aromatic heterocycles. The van der Waals surface area contributed by atoms with Gasteiger partial charge in [-0.2, -0.15) is 0 Å². The molecule has 0 aromatic carbocycles. The third kappa shape index (κ3) is 4.01. The van der Waals surface area contributed by atoms with Gasteiger partial charge in [-0.05, 0) is 44.2 Å². The van der Waals surface area contributed by atoms with Crippen molar-refractivity contribution in [1.29, 1.82) is 0 Å². The average molecular weight is 265 g/mol. The van der Waals surface area contributed by atoms with Crippen molar-refractivity contribution in [2.45, 2.75) is 46.2 Å². The van der Waals surface area contributed by atoms with Crippen LogP contribution in [-0.4, -0.2) is 39.3 Å². The normalized spacial score (nSPS) is 17.7. The van der Waals surface area contributed by atoms with E-state index in [1.807, 2.05) is 6.33 Å². The standard InChI is InChI=1S/C14H27N5/c1-12(2)13(5-6-15)4-3-7-18-8-9-19-11-16-17-14(19)10-18/h11-13H,3-10,15H2,1-2H3. The third-order valence-electron chi connectivity index (χ3n) is 4.25. The Morgan fingerprint density at radius 2 is 2.16 bits per heavy atom. The molecule has 0 amide bonds. The van der Waals surface area contributed by atoms with E-state index in [1.54, 1.807) is 0 Å². The molecule has 1 aliphatic rings. The van der Waals surface area contributed by atoms with Crippen LogP contribution in [0.15, 0.2) is 6.33 Å². The highest BCUT2D eigenvalue weighted by Gasteiger charge is 2.18. The van der Waals surface area contributed by atoms with Crippen LogP contribution in [0, 0.1) is 11.8 Å². The summed E-state index contributed by atoms with van der Waals surface area (Å²) in [6, 6.07) is 0. The first kappa shape index (κ1) is 14.5. The van der Waals surface area contributed by atoms with Gasteiger partial charge in [-0.15, -0.1) is 10.2 Å². The number of nitrogens with zero attached hydrogens (tertiary/aromatic N) is 4. The largest absolute Gasteiger partial charge is 0.330 e. The topological polar surface area (TPSA) is 60.0 Å². The summed E-state index contributed by atoms with van der Waals surface area (Å²) in [4.78, 5) is 2.49. The van der Waals surface area contributed by atoms with Crippen molar-refractivity contribution in [3.8, 4) is 0 Å². The van der Waals surface area contributed by atoms with Crippen molar-refractivity contribution in [2.75, 3.05) is 19.6 Å². The zero-order valence-corrected chi connectivity index (χ0v) is 12.3.